The van der Waals surface area contributed by atoms with Gasteiger partial charge in [-0.3, -0.25) is 0 Å². The number of ether oxygens (including phenoxy) is 1. The number of carboxylic acid groups (broad SMARTS) is 1. The Morgan fingerprint density at radius 1 is 1.20 bits per heavy atom. The molecule has 0 aliphatic carbocycles. The van der Waals surface area contributed by atoms with Gasteiger partial charge in [0, 0.05) is 5.56 Å². The van der Waals surface area contributed by atoms with Crippen LogP contribution in [0.3, 0.4) is 0 Å². The van der Waals surface area contributed by atoms with Gasteiger partial charge in [-0.25, -0.2) is 13.6 Å². The first kappa shape index (κ1) is 13.8. The van der Waals surface area contributed by atoms with Gasteiger partial charge in [0.2, 0.25) is 0 Å². The van der Waals surface area contributed by atoms with E-state index in [1.54, 1.807) is 0 Å². The van der Waals surface area contributed by atoms with Crippen molar-refractivity contribution in [3.63, 3.8) is 0 Å². The quantitative estimate of drug-likeness (QED) is 0.903. The third-order valence-corrected chi connectivity index (χ3v) is 2.62. The van der Waals surface area contributed by atoms with Gasteiger partial charge in [-0.2, -0.15) is 0 Å². The summed E-state index contributed by atoms with van der Waals surface area (Å²) in [6.07, 6.45) is 0. The highest BCUT2D eigenvalue weighted by molar-refractivity contribution is 5.91. The lowest BCUT2D eigenvalue weighted by Gasteiger charge is -2.09. The van der Waals surface area contributed by atoms with Gasteiger partial charge in [0.15, 0.2) is 11.6 Å². The predicted octanol–water partition coefficient (Wildman–Crippen LogP) is 2.95. The van der Waals surface area contributed by atoms with Gasteiger partial charge in [0.05, 0.1) is 0 Å². The molecule has 0 aromatic heterocycles. The number of halogens is 2. The summed E-state index contributed by atoms with van der Waals surface area (Å²) in [6.45, 7) is -0.257. The summed E-state index contributed by atoms with van der Waals surface area (Å²) >= 11 is 0. The van der Waals surface area contributed by atoms with E-state index in [0.717, 1.165) is 18.2 Å². The fraction of sp³-hybridized carbons (Fsp3) is 0.0714. The van der Waals surface area contributed by atoms with Crippen LogP contribution in [0.4, 0.5) is 8.78 Å². The van der Waals surface area contributed by atoms with E-state index in [9.17, 15) is 18.7 Å². The molecule has 0 fully saturated rings. The molecule has 0 saturated carbocycles. The number of aromatic hydroxyl groups is 1. The van der Waals surface area contributed by atoms with E-state index in [4.69, 9.17) is 9.84 Å². The Hall–Kier alpha value is -2.63. The second kappa shape index (κ2) is 5.56. The van der Waals surface area contributed by atoms with Crippen LogP contribution in [0.25, 0.3) is 0 Å². The predicted molar refractivity (Wildman–Crippen MR) is 65.8 cm³/mol. The van der Waals surface area contributed by atoms with Crippen molar-refractivity contribution in [2.24, 2.45) is 0 Å². The minimum atomic E-state index is -1.31. The lowest BCUT2D eigenvalue weighted by molar-refractivity contribution is 0.0693. The molecule has 20 heavy (non-hydrogen) atoms. The summed E-state index contributed by atoms with van der Waals surface area (Å²) in [7, 11) is 0. The largest absolute Gasteiger partial charge is 0.507 e. The molecule has 2 rings (SSSR count). The summed E-state index contributed by atoms with van der Waals surface area (Å²) in [6, 6.07) is 7.28. The second-order valence-corrected chi connectivity index (χ2v) is 3.99. The fourth-order valence-corrected chi connectivity index (χ4v) is 1.60. The lowest BCUT2D eigenvalue weighted by Crippen LogP contribution is -2.02. The zero-order valence-corrected chi connectivity index (χ0v) is 10.1. The number of hydrogen-bond donors (Lipinski definition) is 2. The van der Waals surface area contributed by atoms with Gasteiger partial charge in [0.1, 0.15) is 23.7 Å². The summed E-state index contributed by atoms with van der Waals surface area (Å²) in [5, 5.41) is 18.2. The van der Waals surface area contributed by atoms with Gasteiger partial charge < -0.3 is 14.9 Å². The van der Waals surface area contributed by atoms with E-state index in [1.165, 1.54) is 18.2 Å². The van der Waals surface area contributed by atoms with Crippen LogP contribution in [-0.2, 0) is 6.61 Å². The Morgan fingerprint density at radius 2 is 1.95 bits per heavy atom. The van der Waals surface area contributed by atoms with Crippen molar-refractivity contribution < 1.29 is 28.5 Å². The molecule has 0 spiro atoms. The first-order valence-corrected chi connectivity index (χ1v) is 5.61. The van der Waals surface area contributed by atoms with E-state index >= 15 is 0 Å². The summed E-state index contributed by atoms with van der Waals surface area (Å²) in [5.41, 5.74) is -0.322. The molecule has 2 aromatic carbocycles. The van der Waals surface area contributed by atoms with E-state index in [1.807, 2.05) is 0 Å². The molecule has 0 heterocycles. The number of hydrogen-bond acceptors (Lipinski definition) is 3. The van der Waals surface area contributed by atoms with Crippen LogP contribution in [-0.4, -0.2) is 16.2 Å². The van der Waals surface area contributed by atoms with Crippen LogP contribution in [0.1, 0.15) is 15.9 Å². The summed E-state index contributed by atoms with van der Waals surface area (Å²) in [5.74, 6) is -3.58. The molecule has 0 atom stereocenters. The third-order valence-electron chi connectivity index (χ3n) is 2.62. The molecule has 2 N–H and O–H groups in total. The van der Waals surface area contributed by atoms with Crippen molar-refractivity contribution in [3.05, 3.63) is 59.2 Å². The molecule has 4 nitrogen and oxygen atoms in total. The highest BCUT2D eigenvalue weighted by atomic mass is 19.2. The smallest absolute Gasteiger partial charge is 0.339 e. The SMILES string of the molecule is O=C(O)c1cc(OCc2cccc(F)c2F)ccc1O. The maximum absolute atomic E-state index is 13.4. The molecule has 0 radical (unpaired) electrons. The van der Waals surface area contributed by atoms with Crippen LogP contribution in [0.5, 0.6) is 11.5 Å². The molecule has 0 aliphatic rings. The molecular weight excluding hydrogens is 270 g/mol. The lowest BCUT2D eigenvalue weighted by atomic mass is 10.2. The van der Waals surface area contributed by atoms with Crippen molar-refractivity contribution in [1.82, 2.24) is 0 Å². The molecule has 6 heteroatoms. The highest BCUT2D eigenvalue weighted by Gasteiger charge is 2.12. The molecule has 0 saturated heterocycles. The standard InChI is InChI=1S/C14H10F2O4/c15-11-3-1-2-8(13(11)16)7-20-9-4-5-12(17)10(6-9)14(18)19/h1-6,17H,7H2,(H,18,19). The summed E-state index contributed by atoms with van der Waals surface area (Å²) < 4.78 is 31.6. The minimum absolute atomic E-state index is 0.00921. The van der Waals surface area contributed by atoms with Crippen LogP contribution in [0.15, 0.2) is 36.4 Å². The van der Waals surface area contributed by atoms with Crippen LogP contribution in [0, 0.1) is 11.6 Å². The van der Waals surface area contributed by atoms with Crippen molar-refractivity contribution in [2.75, 3.05) is 0 Å². The van der Waals surface area contributed by atoms with Crippen molar-refractivity contribution in [2.45, 2.75) is 6.61 Å². The third kappa shape index (κ3) is 2.85. The van der Waals surface area contributed by atoms with Gasteiger partial charge in [0.25, 0.3) is 0 Å². The second-order valence-electron chi connectivity index (χ2n) is 3.99. The Bertz CT molecular complexity index is 656. The number of carboxylic acids is 1. The molecule has 0 aliphatic heterocycles. The molecule has 0 bridgehead atoms. The van der Waals surface area contributed by atoms with Crippen LogP contribution < -0.4 is 4.74 Å². The Labute approximate surface area is 112 Å². The summed E-state index contributed by atoms with van der Waals surface area (Å²) in [4.78, 5) is 10.8. The number of carbonyl (C=O) groups is 1. The molecule has 0 amide bonds. The maximum Gasteiger partial charge on any atom is 0.339 e. The fourth-order valence-electron chi connectivity index (χ4n) is 1.60. The number of benzene rings is 2. The first-order chi connectivity index (χ1) is 9.49. The van der Waals surface area contributed by atoms with Crippen molar-refractivity contribution >= 4 is 5.97 Å². The monoisotopic (exact) mass is 280 g/mol. The Kier molecular flexibility index (Phi) is 3.84. The molecule has 104 valence electrons. The topological polar surface area (TPSA) is 66.8 Å². The first-order valence-electron chi connectivity index (χ1n) is 5.61. The zero-order chi connectivity index (χ0) is 14.7. The number of rotatable bonds is 4. The normalized spacial score (nSPS) is 10.3. The minimum Gasteiger partial charge on any atom is -0.507 e. The van der Waals surface area contributed by atoms with Crippen molar-refractivity contribution in [3.8, 4) is 11.5 Å². The molecule has 0 unspecified atom stereocenters. The Morgan fingerprint density at radius 3 is 2.65 bits per heavy atom. The van der Waals surface area contributed by atoms with Crippen LogP contribution >= 0.6 is 0 Å². The van der Waals surface area contributed by atoms with E-state index in [-0.39, 0.29) is 23.5 Å². The Balaban J connectivity index is 2.17. The van der Waals surface area contributed by atoms with Crippen molar-refractivity contribution in [1.29, 1.82) is 0 Å². The van der Waals surface area contributed by atoms with Gasteiger partial charge in [-0.1, -0.05) is 12.1 Å². The molecule has 2 aromatic rings. The zero-order valence-electron chi connectivity index (χ0n) is 10.1. The average Bonchev–Trinajstić information content (AvgIpc) is 2.41. The highest BCUT2D eigenvalue weighted by Crippen LogP contribution is 2.24. The van der Waals surface area contributed by atoms with Crippen LogP contribution in [0.2, 0.25) is 0 Å². The van der Waals surface area contributed by atoms with E-state index < -0.39 is 23.4 Å². The average molecular weight is 280 g/mol. The maximum atomic E-state index is 13.4. The molecular formula is C14H10F2O4. The number of phenols is 1. The number of aromatic carboxylic acids is 1. The van der Waals surface area contributed by atoms with Gasteiger partial charge >= 0.3 is 5.97 Å². The van der Waals surface area contributed by atoms with E-state index in [2.05, 4.69) is 0 Å². The van der Waals surface area contributed by atoms with E-state index in [0.29, 0.717) is 0 Å². The van der Waals surface area contributed by atoms with Gasteiger partial charge in [-0.05, 0) is 24.3 Å². The van der Waals surface area contributed by atoms with Gasteiger partial charge in [-0.15, -0.1) is 0 Å².